The monoisotopic (exact) mass is 496 g/mol. The molecule has 1 aliphatic carbocycles. The molecule has 1 spiro atoms. The van der Waals surface area contributed by atoms with Crippen LogP contribution in [0.25, 0.3) is 0 Å². The van der Waals surface area contributed by atoms with Crippen molar-refractivity contribution in [2.75, 3.05) is 0 Å². The number of ether oxygens (including phenoxy) is 4. The number of ketones is 1. The molecule has 3 aliphatic heterocycles. The molecular weight excluding hydrogens is 468 g/mol. The molecule has 0 aromatic rings. The van der Waals surface area contributed by atoms with Gasteiger partial charge in [0.1, 0.15) is 6.10 Å². The Morgan fingerprint density at radius 1 is 1.21 bits per heavy atom. The van der Waals surface area contributed by atoms with Crippen molar-refractivity contribution in [3.05, 3.63) is 24.3 Å². The molecule has 10 heteroatoms. The summed E-state index contributed by atoms with van der Waals surface area (Å²) in [6.45, 7) is 11.1. The maximum absolute atomic E-state index is 13.2. The van der Waals surface area contributed by atoms with Crippen molar-refractivity contribution in [3.63, 3.8) is 0 Å². The number of fused-ring (bicyclic) bond motifs is 3. The minimum absolute atomic E-state index is 0.0456. The second-order valence-electron chi connectivity index (χ2n) is 10.1. The van der Waals surface area contributed by atoms with Gasteiger partial charge in [0.25, 0.3) is 0 Å². The number of halogens is 1. The molecule has 3 heterocycles. The average Bonchev–Trinajstić information content (AvgIpc) is 2.96. The van der Waals surface area contributed by atoms with Gasteiger partial charge in [-0.1, -0.05) is 25.2 Å². The second kappa shape index (κ2) is 7.90. The molecule has 3 saturated heterocycles. The van der Waals surface area contributed by atoms with Crippen molar-refractivity contribution < 1.29 is 43.2 Å². The molecule has 0 saturated carbocycles. The highest BCUT2D eigenvalue weighted by atomic mass is 35.5. The predicted molar refractivity (Wildman–Crippen MR) is 118 cm³/mol. The zero-order valence-corrected chi connectivity index (χ0v) is 20.5. The van der Waals surface area contributed by atoms with E-state index < -0.39 is 81.9 Å². The van der Waals surface area contributed by atoms with Crippen LogP contribution in [0.5, 0.6) is 0 Å². The Balaban J connectivity index is 2.06. The van der Waals surface area contributed by atoms with Gasteiger partial charge in [-0.05, 0) is 26.3 Å². The Kier molecular flexibility index (Phi) is 5.78. The normalized spacial score (nSPS) is 47.6. The van der Waals surface area contributed by atoms with Gasteiger partial charge in [-0.2, -0.15) is 0 Å². The van der Waals surface area contributed by atoms with Crippen LogP contribution in [0.2, 0.25) is 0 Å². The largest absolute Gasteiger partial charge is 0.459 e. The summed E-state index contributed by atoms with van der Waals surface area (Å²) >= 11 is 6.70. The van der Waals surface area contributed by atoms with Gasteiger partial charge in [-0.15, -0.1) is 11.6 Å². The highest BCUT2D eigenvalue weighted by Crippen LogP contribution is 2.61. The van der Waals surface area contributed by atoms with E-state index in [1.807, 2.05) is 0 Å². The lowest BCUT2D eigenvalue weighted by atomic mass is 9.52. The highest BCUT2D eigenvalue weighted by molar-refractivity contribution is 6.23. The summed E-state index contributed by atoms with van der Waals surface area (Å²) in [7, 11) is 0. The summed E-state index contributed by atoms with van der Waals surface area (Å²) in [6, 6.07) is 0. The Labute approximate surface area is 202 Å². The Bertz CT molecular complexity index is 1010. The third kappa shape index (κ3) is 3.20. The van der Waals surface area contributed by atoms with Gasteiger partial charge in [0.15, 0.2) is 23.1 Å². The molecule has 2 bridgehead atoms. The van der Waals surface area contributed by atoms with Crippen LogP contribution in [0, 0.1) is 17.3 Å². The van der Waals surface area contributed by atoms with Crippen LogP contribution < -0.4 is 0 Å². The van der Waals surface area contributed by atoms with Crippen LogP contribution >= 0.6 is 11.6 Å². The molecule has 0 unspecified atom stereocenters. The maximum Gasteiger partial charge on any atom is 0.312 e. The molecule has 1 N–H and O–H groups in total. The number of hydrogen-bond donors (Lipinski definition) is 1. The number of carbonyl (C=O) groups excluding carboxylic acids is 4. The first-order valence-corrected chi connectivity index (χ1v) is 11.6. The Morgan fingerprint density at radius 3 is 2.44 bits per heavy atom. The fourth-order valence-electron chi connectivity index (χ4n) is 6.39. The number of aliphatic hydroxyl groups is 1. The molecule has 0 amide bonds. The van der Waals surface area contributed by atoms with Gasteiger partial charge in [0.2, 0.25) is 0 Å². The van der Waals surface area contributed by atoms with Gasteiger partial charge < -0.3 is 24.1 Å². The van der Waals surface area contributed by atoms with E-state index in [1.54, 1.807) is 19.9 Å². The summed E-state index contributed by atoms with van der Waals surface area (Å²) in [5, 5.41) is 10.3. The van der Waals surface area contributed by atoms with Crippen molar-refractivity contribution in [1.82, 2.24) is 0 Å². The fraction of sp³-hybridized carbons (Fsp3) is 0.667. The molecule has 0 aromatic carbocycles. The van der Waals surface area contributed by atoms with Crippen LogP contribution in [0.1, 0.15) is 41.0 Å². The quantitative estimate of drug-likeness (QED) is 0.263. The van der Waals surface area contributed by atoms with E-state index in [-0.39, 0.29) is 6.42 Å². The molecule has 34 heavy (non-hydrogen) atoms. The summed E-state index contributed by atoms with van der Waals surface area (Å²) in [5.41, 5.74) is -4.20. The van der Waals surface area contributed by atoms with Crippen molar-refractivity contribution in [1.29, 1.82) is 0 Å². The number of alkyl halides is 1. The molecular formula is C24H29ClO9. The summed E-state index contributed by atoms with van der Waals surface area (Å²) < 4.78 is 23.7. The lowest BCUT2D eigenvalue weighted by molar-refractivity contribution is -0.318. The van der Waals surface area contributed by atoms with Crippen LogP contribution in [-0.2, 0) is 38.1 Å². The molecule has 10 atom stereocenters. The number of rotatable bonds is 2. The van der Waals surface area contributed by atoms with E-state index in [4.69, 9.17) is 30.5 Å². The van der Waals surface area contributed by atoms with Gasteiger partial charge in [0.05, 0.1) is 29.4 Å². The first-order chi connectivity index (χ1) is 15.7. The number of hydrogen-bond acceptors (Lipinski definition) is 9. The Hall–Kier alpha value is -2.23. The molecule has 0 aromatic heterocycles. The summed E-state index contributed by atoms with van der Waals surface area (Å²) in [6.07, 6.45) is -1.64. The van der Waals surface area contributed by atoms with E-state index >= 15 is 0 Å². The van der Waals surface area contributed by atoms with Crippen molar-refractivity contribution in [2.45, 2.75) is 82.0 Å². The van der Waals surface area contributed by atoms with Gasteiger partial charge in [-0.25, -0.2) is 0 Å². The average molecular weight is 497 g/mol. The van der Waals surface area contributed by atoms with Gasteiger partial charge in [-0.3, -0.25) is 19.2 Å². The smallest absolute Gasteiger partial charge is 0.312 e. The lowest BCUT2D eigenvalue weighted by Crippen LogP contribution is -2.77. The number of carbonyl (C=O) groups is 4. The third-order valence-electron chi connectivity index (χ3n) is 7.88. The molecule has 186 valence electrons. The topological polar surface area (TPSA) is 125 Å². The third-order valence-corrected chi connectivity index (χ3v) is 8.42. The van der Waals surface area contributed by atoms with Gasteiger partial charge >= 0.3 is 17.9 Å². The lowest BCUT2D eigenvalue weighted by Gasteiger charge is -2.63. The first kappa shape index (κ1) is 24.9. The highest BCUT2D eigenvalue weighted by Gasteiger charge is 2.77. The van der Waals surface area contributed by atoms with Crippen LogP contribution in [0.4, 0.5) is 0 Å². The summed E-state index contributed by atoms with van der Waals surface area (Å²) in [5.74, 6) is -4.60. The van der Waals surface area contributed by atoms with Crippen molar-refractivity contribution in [3.8, 4) is 0 Å². The molecule has 4 aliphatic rings. The van der Waals surface area contributed by atoms with Crippen molar-refractivity contribution in [2.24, 2.45) is 17.3 Å². The Morgan fingerprint density at radius 2 is 1.85 bits per heavy atom. The van der Waals surface area contributed by atoms with E-state index in [0.717, 1.165) is 0 Å². The van der Waals surface area contributed by atoms with E-state index in [9.17, 15) is 24.3 Å². The molecule has 0 radical (unpaired) electrons. The second-order valence-corrected chi connectivity index (χ2v) is 10.5. The first-order valence-electron chi connectivity index (χ1n) is 11.2. The van der Waals surface area contributed by atoms with Crippen LogP contribution in [0.15, 0.2) is 24.3 Å². The zero-order valence-electron chi connectivity index (χ0n) is 19.7. The van der Waals surface area contributed by atoms with Crippen LogP contribution in [-0.4, -0.2) is 69.8 Å². The van der Waals surface area contributed by atoms with Crippen molar-refractivity contribution >= 4 is 35.3 Å². The minimum Gasteiger partial charge on any atom is -0.459 e. The fourth-order valence-corrected chi connectivity index (χ4v) is 6.73. The maximum atomic E-state index is 13.2. The molecule has 3 fully saturated rings. The summed E-state index contributed by atoms with van der Waals surface area (Å²) in [4.78, 5) is 50.7. The molecule has 4 rings (SSSR count). The predicted octanol–water partition coefficient (Wildman–Crippen LogP) is 1.63. The SMILES string of the molecule is C=C1C[C@H](O)[C@@H]2O[C@@]3([C@H](C)C(=O)O[C@@H]3[C@H]1Cl)[C@@H](OC(C)=O)[C@H]1[C@]2(C)C=CC(=O)[C@@]1(C)OC(C)=O. The molecule has 9 nitrogen and oxygen atoms in total. The van der Waals surface area contributed by atoms with E-state index in [1.165, 1.54) is 26.8 Å². The van der Waals surface area contributed by atoms with Gasteiger partial charge in [0, 0.05) is 19.3 Å². The standard InChI is InChI=1S/C24H29ClO9/c1-10-9-14(28)18-22(5)8-7-15(29)23(6,33-13(4)27)17(22)20(31-12(3)26)24(34-18)11(2)21(30)32-19(24)16(10)25/h7-8,11,14,16-20,28H,1,9H2,2-6H3/t11-,14+,16+,17+,18+,19-,20+,22+,23-,24-/m1/s1. The van der Waals surface area contributed by atoms with E-state index in [0.29, 0.717) is 5.57 Å². The van der Waals surface area contributed by atoms with E-state index in [2.05, 4.69) is 6.58 Å². The number of esters is 3. The number of aliphatic hydroxyl groups excluding tert-OH is 1. The van der Waals surface area contributed by atoms with Crippen LogP contribution in [0.3, 0.4) is 0 Å². The minimum atomic E-state index is -1.79. The zero-order chi connectivity index (χ0) is 25.4.